The average molecular weight is 380 g/mol. The van der Waals surface area contributed by atoms with Crippen molar-refractivity contribution in [2.75, 3.05) is 6.54 Å². The standard InChI is InChI=1S/C22H18F2N2O2/c23-18-12-17(13-19(24)15-18)4-5-22(27)26-11-6-16-2-1-3-21(14-16)28-20-7-9-25-10-8-20/h1-5,7-10,12-15H,6,11H2,(H,26,27). The van der Waals surface area contributed by atoms with Crippen molar-refractivity contribution in [3.05, 3.63) is 95.8 Å². The number of amides is 1. The van der Waals surface area contributed by atoms with Gasteiger partial charge < -0.3 is 10.1 Å². The summed E-state index contributed by atoms with van der Waals surface area (Å²) in [5.41, 5.74) is 1.29. The Kier molecular flexibility index (Phi) is 6.46. The largest absolute Gasteiger partial charge is 0.457 e. The summed E-state index contributed by atoms with van der Waals surface area (Å²) in [4.78, 5) is 15.8. The topological polar surface area (TPSA) is 51.2 Å². The van der Waals surface area contributed by atoms with E-state index in [1.807, 2.05) is 24.3 Å². The van der Waals surface area contributed by atoms with E-state index in [0.29, 0.717) is 24.5 Å². The first-order chi connectivity index (χ1) is 13.6. The zero-order valence-corrected chi connectivity index (χ0v) is 14.9. The van der Waals surface area contributed by atoms with Crippen molar-refractivity contribution in [1.29, 1.82) is 0 Å². The van der Waals surface area contributed by atoms with Crippen LogP contribution in [0.15, 0.2) is 73.1 Å². The third-order valence-corrected chi connectivity index (χ3v) is 3.81. The number of benzene rings is 2. The molecule has 1 amide bonds. The molecule has 0 fully saturated rings. The maximum absolute atomic E-state index is 13.1. The summed E-state index contributed by atoms with van der Waals surface area (Å²) in [6.07, 6.45) is 6.53. The van der Waals surface area contributed by atoms with Crippen LogP contribution in [0.25, 0.3) is 6.08 Å². The highest BCUT2D eigenvalue weighted by molar-refractivity contribution is 5.91. The summed E-state index contributed by atoms with van der Waals surface area (Å²) in [5.74, 6) is -0.320. The minimum atomic E-state index is -0.686. The molecular weight excluding hydrogens is 362 g/mol. The Bertz CT molecular complexity index is 955. The third kappa shape index (κ3) is 6.02. The van der Waals surface area contributed by atoms with E-state index >= 15 is 0 Å². The highest BCUT2D eigenvalue weighted by atomic mass is 19.1. The maximum atomic E-state index is 13.1. The molecule has 0 unspecified atom stereocenters. The van der Waals surface area contributed by atoms with E-state index in [0.717, 1.165) is 23.8 Å². The Morgan fingerprint density at radius 2 is 1.75 bits per heavy atom. The van der Waals surface area contributed by atoms with Gasteiger partial charge in [-0.3, -0.25) is 9.78 Å². The monoisotopic (exact) mass is 380 g/mol. The molecule has 0 aliphatic heterocycles. The number of aromatic nitrogens is 1. The van der Waals surface area contributed by atoms with Crippen LogP contribution in [0, 0.1) is 11.6 Å². The summed E-state index contributed by atoms with van der Waals surface area (Å²) in [6, 6.07) is 14.2. The van der Waals surface area contributed by atoms with Gasteiger partial charge in [0.15, 0.2) is 0 Å². The molecule has 0 saturated carbocycles. The molecule has 0 aliphatic carbocycles. The quantitative estimate of drug-likeness (QED) is 0.613. The summed E-state index contributed by atoms with van der Waals surface area (Å²) in [6.45, 7) is 0.416. The van der Waals surface area contributed by atoms with Crippen molar-refractivity contribution in [3.8, 4) is 11.5 Å². The molecular formula is C22H18F2N2O2. The van der Waals surface area contributed by atoms with Crippen LogP contribution in [0.4, 0.5) is 8.78 Å². The number of hydrogen-bond donors (Lipinski definition) is 1. The van der Waals surface area contributed by atoms with E-state index < -0.39 is 11.6 Å². The van der Waals surface area contributed by atoms with Crippen molar-refractivity contribution < 1.29 is 18.3 Å². The van der Waals surface area contributed by atoms with Gasteiger partial charge >= 0.3 is 0 Å². The van der Waals surface area contributed by atoms with Crippen LogP contribution in [0.2, 0.25) is 0 Å². The number of hydrogen-bond acceptors (Lipinski definition) is 3. The Morgan fingerprint density at radius 1 is 1.00 bits per heavy atom. The summed E-state index contributed by atoms with van der Waals surface area (Å²) in [7, 11) is 0. The molecule has 0 saturated heterocycles. The molecule has 1 aromatic heterocycles. The van der Waals surface area contributed by atoms with Crippen molar-refractivity contribution in [2.45, 2.75) is 6.42 Å². The lowest BCUT2D eigenvalue weighted by molar-refractivity contribution is -0.116. The van der Waals surface area contributed by atoms with E-state index in [1.54, 1.807) is 24.5 Å². The fourth-order valence-corrected chi connectivity index (χ4v) is 2.54. The lowest BCUT2D eigenvalue weighted by Crippen LogP contribution is -2.23. The van der Waals surface area contributed by atoms with Gasteiger partial charge in [-0.05, 0) is 60.0 Å². The average Bonchev–Trinajstić information content (AvgIpc) is 2.67. The lowest BCUT2D eigenvalue weighted by Gasteiger charge is -2.08. The smallest absolute Gasteiger partial charge is 0.244 e. The molecule has 1 heterocycles. The zero-order chi connectivity index (χ0) is 19.8. The number of rotatable bonds is 7. The molecule has 3 aromatic rings. The van der Waals surface area contributed by atoms with Crippen LogP contribution in [0.1, 0.15) is 11.1 Å². The van der Waals surface area contributed by atoms with E-state index in [-0.39, 0.29) is 11.5 Å². The second kappa shape index (κ2) is 9.41. The van der Waals surface area contributed by atoms with Crippen LogP contribution >= 0.6 is 0 Å². The second-order valence-electron chi connectivity index (χ2n) is 6.01. The van der Waals surface area contributed by atoms with Crippen LogP contribution in [0.3, 0.4) is 0 Å². The van der Waals surface area contributed by atoms with Crippen molar-refractivity contribution in [2.24, 2.45) is 0 Å². The fraction of sp³-hybridized carbons (Fsp3) is 0.0909. The highest BCUT2D eigenvalue weighted by Gasteiger charge is 2.02. The fourth-order valence-electron chi connectivity index (χ4n) is 2.54. The van der Waals surface area contributed by atoms with E-state index in [9.17, 15) is 13.6 Å². The predicted octanol–water partition coefficient (Wildman–Crippen LogP) is 4.52. The van der Waals surface area contributed by atoms with Crippen LogP contribution in [-0.4, -0.2) is 17.4 Å². The summed E-state index contributed by atoms with van der Waals surface area (Å²) in [5, 5.41) is 2.74. The van der Waals surface area contributed by atoms with Crippen molar-refractivity contribution >= 4 is 12.0 Å². The van der Waals surface area contributed by atoms with Gasteiger partial charge in [0.25, 0.3) is 0 Å². The van der Waals surface area contributed by atoms with E-state index in [2.05, 4.69) is 10.3 Å². The minimum absolute atomic E-state index is 0.286. The number of nitrogens with one attached hydrogen (secondary N) is 1. The molecule has 6 heteroatoms. The molecule has 0 radical (unpaired) electrons. The molecule has 142 valence electrons. The summed E-state index contributed by atoms with van der Waals surface area (Å²) < 4.78 is 32.0. The van der Waals surface area contributed by atoms with E-state index in [1.165, 1.54) is 12.2 Å². The van der Waals surface area contributed by atoms with Gasteiger partial charge in [0.2, 0.25) is 5.91 Å². The van der Waals surface area contributed by atoms with Gasteiger partial charge in [0.05, 0.1) is 0 Å². The van der Waals surface area contributed by atoms with Crippen LogP contribution in [-0.2, 0) is 11.2 Å². The van der Waals surface area contributed by atoms with Gasteiger partial charge in [-0.1, -0.05) is 12.1 Å². The molecule has 2 aromatic carbocycles. The van der Waals surface area contributed by atoms with Crippen LogP contribution in [0.5, 0.6) is 11.5 Å². The highest BCUT2D eigenvalue weighted by Crippen LogP contribution is 2.21. The minimum Gasteiger partial charge on any atom is -0.457 e. The third-order valence-electron chi connectivity index (χ3n) is 3.81. The first-order valence-electron chi connectivity index (χ1n) is 8.67. The Labute approximate surface area is 161 Å². The van der Waals surface area contributed by atoms with Crippen molar-refractivity contribution in [1.82, 2.24) is 10.3 Å². The molecule has 1 N–H and O–H groups in total. The molecule has 3 rings (SSSR count). The molecule has 0 aliphatic rings. The SMILES string of the molecule is O=C(C=Cc1cc(F)cc(F)c1)NCCc1cccc(Oc2ccncc2)c1. The number of pyridine rings is 1. The first-order valence-corrected chi connectivity index (χ1v) is 8.67. The Balaban J connectivity index is 1.50. The number of carbonyl (C=O) groups is 1. The van der Waals surface area contributed by atoms with Gasteiger partial charge in [0, 0.05) is 31.1 Å². The van der Waals surface area contributed by atoms with Gasteiger partial charge in [0.1, 0.15) is 23.1 Å². The second-order valence-corrected chi connectivity index (χ2v) is 6.01. The summed E-state index contributed by atoms with van der Waals surface area (Å²) >= 11 is 0. The van der Waals surface area contributed by atoms with Gasteiger partial charge in [-0.2, -0.15) is 0 Å². The normalized spacial score (nSPS) is 10.8. The predicted molar refractivity (Wildman–Crippen MR) is 103 cm³/mol. The van der Waals surface area contributed by atoms with Crippen LogP contribution < -0.4 is 10.1 Å². The first kappa shape index (κ1) is 19.2. The number of nitrogens with zero attached hydrogens (tertiary/aromatic N) is 1. The zero-order valence-electron chi connectivity index (χ0n) is 14.9. The Hall–Kier alpha value is -3.54. The molecule has 0 atom stereocenters. The number of carbonyl (C=O) groups excluding carboxylic acids is 1. The van der Waals surface area contributed by atoms with Crippen molar-refractivity contribution in [3.63, 3.8) is 0 Å². The maximum Gasteiger partial charge on any atom is 0.244 e. The lowest BCUT2D eigenvalue weighted by atomic mass is 10.1. The molecule has 0 spiro atoms. The van der Waals surface area contributed by atoms with Gasteiger partial charge in [-0.15, -0.1) is 0 Å². The van der Waals surface area contributed by atoms with E-state index in [4.69, 9.17) is 4.74 Å². The molecule has 4 nitrogen and oxygen atoms in total. The number of halogens is 2. The molecule has 0 bridgehead atoms. The Morgan fingerprint density at radius 3 is 2.50 bits per heavy atom. The number of ether oxygens (including phenoxy) is 1. The molecule has 28 heavy (non-hydrogen) atoms. The van der Waals surface area contributed by atoms with Gasteiger partial charge in [-0.25, -0.2) is 8.78 Å².